The van der Waals surface area contributed by atoms with Crippen molar-refractivity contribution in [3.8, 4) is 11.5 Å². The van der Waals surface area contributed by atoms with Gasteiger partial charge in [0, 0.05) is 28.2 Å². The van der Waals surface area contributed by atoms with Crippen LogP contribution in [0.5, 0.6) is 0 Å². The molecule has 0 aliphatic heterocycles. The zero-order valence-corrected chi connectivity index (χ0v) is 9.45. The summed E-state index contributed by atoms with van der Waals surface area (Å²) in [5.74, 6) is 0.160. The summed E-state index contributed by atoms with van der Waals surface area (Å²) in [5, 5.41) is 3.66. The van der Waals surface area contributed by atoms with Crippen LogP contribution in [0.25, 0.3) is 11.5 Å². The van der Waals surface area contributed by atoms with Gasteiger partial charge in [-0.25, -0.2) is 4.39 Å². The van der Waals surface area contributed by atoms with Gasteiger partial charge in [-0.1, -0.05) is 5.16 Å². The molecular formula is C9H6FIN2O. The number of nitrogens with zero attached hydrogens (tertiary/aromatic N) is 2. The van der Waals surface area contributed by atoms with E-state index in [1.54, 1.807) is 13.0 Å². The number of aryl methyl sites for hydroxylation is 1. The maximum atomic E-state index is 12.8. The number of hydrogen-bond donors (Lipinski definition) is 0. The zero-order valence-electron chi connectivity index (χ0n) is 7.29. The first-order chi connectivity index (χ1) is 6.66. The Morgan fingerprint density at radius 3 is 2.79 bits per heavy atom. The van der Waals surface area contributed by atoms with Crippen LogP contribution in [-0.2, 0) is 0 Å². The highest BCUT2D eigenvalue weighted by Crippen LogP contribution is 2.22. The largest absolute Gasteiger partial charge is 0.333 e. The average Bonchev–Trinajstić information content (AvgIpc) is 2.51. The molecule has 1 aromatic heterocycles. The van der Waals surface area contributed by atoms with Crippen molar-refractivity contribution in [2.75, 3.05) is 0 Å². The van der Waals surface area contributed by atoms with Crippen LogP contribution in [0.15, 0.2) is 22.7 Å². The van der Waals surface area contributed by atoms with Crippen LogP contribution in [0.3, 0.4) is 0 Å². The minimum atomic E-state index is -0.263. The van der Waals surface area contributed by atoms with E-state index in [-0.39, 0.29) is 5.82 Å². The monoisotopic (exact) mass is 304 g/mol. The van der Waals surface area contributed by atoms with Crippen molar-refractivity contribution in [2.24, 2.45) is 0 Å². The van der Waals surface area contributed by atoms with E-state index in [4.69, 9.17) is 4.52 Å². The first kappa shape index (κ1) is 9.57. The third-order valence-electron chi connectivity index (χ3n) is 1.82. The summed E-state index contributed by atoms with van der Waals surface area (Å²) >= 11 is 1.96. The van der Waals surface area contributed by atoms with Crippen molar-refractivity contribution in [1.82, 2.24) is 10.1 Å². The standard InChI is InChI=1S/C9H6FIN2O/c1-5-4-6(10)2-3-7(5)8-12-9(11)13-14-8/h2-4H,1H3. The maximum Gasteiger partial charge on any atom is 0.258 e. The fourth-order valence-corrected chi connectivity index (χ4v) is 1.50. The van der Waals surface area contributed by atoms with E-state index >= 15 is 0 Å². The lowest BCUT2D eigenvalue weighted by molar-refractivity contribution is 0.425. The van der Waals surface area contributed by atoms with Crippen LogP contribution in [0.2, 0.25) is 0 Å². The Morgan fingerprint density at radius 2 is 2.21 bits per heavy atom. The molecule has 0 spiro atoms. The molecule has 0 bridgehead atoms. The highest BCUT2D eigenvalue weighted by Gasteiger charge is 2.09. The molecule has 0 amide bonds. The number of rotatable bonds is 1. The van der Waals surface area contributed by atoms with Gasteiger partial charge in [0.2, 0.25) is 3.83 Å². The molecule has 0 unspecified atom stereocenters. The number of benzene rings is 1. The van der Waals surface area contributed by atoms with Crippen molar-refractivity contribution in [3.63, 3.8) is 0 Å². The van der Waals surface area contributed by atoms with Crippen LogP contribution in [-0.4, -0.2) is 10.1 Å². The van der Waals surface area contributed by atoms with Crippen molar-refractivity contribution >= 4 is 22.6 Å². The second-order valence-corrected chi connectivity index (χ2v) is 3.79. The summed E-state index contributed by atoms with van der Waals surface area (Å²) in [6.45, 7) is 1.80. The van der Waals surface area contributed by atoms with Gasteiger partial charge < -0.3 is 4.52 Å². The minimum absolute atomic E-state index is 0.263. The lowest BCUT2D eigenvalue weighted by Gasteiger charge is -1.99. The Bertz CT molecular complexity index is 470. The van der Waals surface area contributed by atoms with E-state index < -0.39 is 0 Å². The highest BCUT2D eigenvalue weighted by atomic mass is 127. The van der Waals surface area contributed by atoms with Gasteiger partial charge in [0.15, 0.2) is 0 Å². The fraction of sp³-hybridized carbons (Fsp3) is 0.111. The van der Waals surface area contributed by atoms with Gasteiger partial charge in [-0.15, -0.1) is 0 Å². The number of halogens is 2. The van der Waals surface area contributed by atoms with E-state index in [1.807, 2.05) is 22.6 Å². The van der Waals surface area contributed by atoms with E-state index in [1.165, 1.54) is 12.1 Å². The summed E-state index contributed by atoms with van der Waals surface area (Å²) in [5.41, 5.74) is 1.55. The van der Waals surface area contributed by atoms with Crippen molar-refractivity contribution in [3.05, 3.63) is 33.4 Å². The molecule has 3 nitrogen and oxygen atoms in total. The molecule has 1 aromatic carbocycles. The highest BCUT2D eigenvalue weighted by molar-refractivity contribution is 14.1. The van der Waals surface area contributed by atoms with E-state index in [0.717, 1.165) is 11.1 Å². The lowest BCUT2D eigenvalue weighted by Crippen LogP contribution is -1.85. The molecular weight excluding hydrogens is 298 g/mol. The summed E-state index contributed by atoms with van der Waals surface area (Å²) in [6.07, 6.45) is 0. The third-order valence-corrected chi connectivity index (χ3v) is 2.26. The van der Waals surface area contributed by atoms with Gasteiger partial charge in [-0.05, 0) is 30.7 Å². The second-order valence-electron chi connectivity index (χ2n) is 2.83. The fourth-order valence-electron chi connectivity index (χ4n) is 1.18. The zero-order chi connectivity index (χ0) is 10.1. The topological polar surface area (TPSA) is 38.9 Å². The minimum Gasteiger partial charge on any atom is -0.333 e. The Kier molecular flexibility index (Phi) is 2.49. The summed E-state index contributed by atoms with van der Waals surface area (Å²) in [6, 6.07) is 4.44. The smallest absolute Gasteiger partial charge is 0.258 e. The van der Waals surface area contributed by atoms with Crippen LogP contribution < -0.4 is 0 Å². The molecule has 0 radical (unpaired) electrons. The molecule has 2 aromatic rings. The van der Waals surface area contributed by atoms with Crippen LogP contribution in [0, 0.1) is 16.6 Å². The Hall–Kier alpha value is -0.980. The van der Waals surface area contributed by atoms with Gasteiger partial charge in [0.1, 0.15) is 5.82 Å². The van der Waals surface area contributed by atoms with Crippen LogP contribution in [0.1, 0.15) is 5.56 Å². The van der Waals surface area contributed by atoms with Crippen LogP contribution >= 0.6 is 22.6 Å². The Labute approximate surface area is 93.5 Å². The van der Waals surface area contributed by atoms with Crippen molar-refractivity contribution in [2.45, 2.75) is 6.92 Å². The van der Waals surface area contributed by atoms with E-state index in [2.05, 4.69) is 10.1 Å². The molecule has 0 atom stereocenters. The van der Waals surface area contributed by atoms with Gasteiger partial charge in [-0.2, -0.15) is 4.98 Å². The SMILES string of the molecule is Cc1cc(F)ccc1-c1nc(I)no1. The normalized spacial score (nSPS) is 10.5. The Morgan fingerprint density at radius 1 is 1.43 bits per heavy atom. The van der Waals surface area contributed by atoms with Crippen LogP contribution in [0.4, 0.5) is 4.39 Å². The first-order valence-corrected chi connectivity index (χ1v) is 5.00. The van der Waals surface area contributed by atoms with Gasteiger partial charge in [-0.3, -0.25) is 0 Å². The predicted octanol–water partition coefficient (Wildman–Crippen LogP) is 2.79. The van der Waals surface area contributed by atoms with E-state index in [0.29, 0.717) is 9.72 Å². The first-order valence-electron chi connectivity index (χ1n) is 3.92. The molecule has 0 fully saturated rings. The molecule has 0 aliphatic rings. The molecule has 5 heteroatoms. The second kappa shape index (κ2) is 3.64. The summed E-state index contributed by atoms with van der Waals surface area (Å²) in [7, 11) is 0. The number of hydrogen-bond acceptors (Lipinski definition) is 3. The molecule has 0 saturated carbocycles. The third kappa shape index (κ3) is 1.77. The lowest BCUT2D eigenvalue weighted by atomic mass is 10.1. The summed E-state index contributed by atoms with van der Waals surface area (Å²) in [4.78, 5) is 4.06. The average molecular weight is 304 g/mol. The summed E-state index contributed by atoms with van der Waals surface area (Å²) < 4.78 is 18.3. The molecule has 72 valence electrons. The van der Waals surface area contributed by atoms with Gasteiger partial charge in [0.25, 0.3) is 5.89 Å². The quantitative estimate of drug-likeness (QED) is 0.761. The molecule has 1 heterocycles. The van der Waals surface area contributed by atoms with Gasteiger partial charge >= 0.3 is 0 Å². The van der Waals surface area contributed by atoms with E-state index in [9.17, 15) is 4.39 Å². The molecule has 0 N–H and O–H groups in total. The molecule has 14 heavy (non-hydrogen) atoms. The van der Waals surface area contributed by atoms with Crippen molar-refractivity contribution < 1.29 is 8.91 Å². The maximum absolute atomic E-state index is 12.8. The molecule has 2 rings (SSSR count). The van der Waals surface area contributed by atoms with Gasteiger partial charge in [0.05, 0.1) is 0 Å². The Balaban J connectivity index is 2.52. The van der Waals surface area contributed by atoms with Crippen molar-refractivity contribution in [1.29, 1.82) is 0 Å². The molecule has 0 aliphatic carbocycles. The predicted molar refractivity (Wildman–Crippen MR) is 57.1 cm³/mol. The molecule has 0 saturated heterocycles. The number of aromatic nitrogens is 2.